The number of hydrogen-bond acceptors (Lipinski definition) is 2. The molecular formula is C12H14ClNO2. The summed E-state index contributed by atoms with van der Waals surface area (Å²) in [4.78, 5) is 11.6. The topological polar surface area (TPSA) is 49.3 Å². The van der Waals surface area contributed by atoms with Crippen LogP contribution in [0.5, 0.6) is 5.75 Å². The Hall–Kier alpha value is -1.22. The first-order valence-corrected chi connectivity index (χ1v) is 5.77. The molecule has 1 aromatic rings. The number of halogens is 1. The van der Waals surface area contributed by atoms with Crippen molar-refractivity contribution in [1.82, 2.24) is 5.32 Å². The van der Waals surface area contributed by atoms with Gasteiger partial charge in [0, 0.05) is 11.6 Å². The van der Waals surface area contributed by atoms with Crippen LogP contribution in [0.25, 0.3) is 0 Å². The molecule has 0 atom stereocenters. The minimum absolute atomic E-state index is 0.0422. The van der Waals surface area contributed by atoms with Gasteiger partial charge in [-0.3, -0.25) is 4.79 Å². The average Bonchev–Trinajstić information content (AvgIpc) is 3.04. The van der Waals surface area contributed by atoms with Gasteiger partial charge in [0.15, 0.2) is 0 Å². The van der Waals surface area contributed by atoms with Crippen LogP contribution in [0.1, 0.15) is 18.4 Å². The van der Waals surface area contributed by atoms with E-state index in [-0.39, 0.29) is 18.1 Å². The number of benzene rings is 1. The highest BCUT2D eigenvalue weighted by atomic mass is 35.5. The molecule has 2 N–H and O–H groups in total. The lowest BCUT2D eigenvalue weighted by Crippen LogP contribution is -2.27. The molecule has 1 aliphatic rings. The van der Waals surface area contributed by atoms with Crippen LogP contribution in [0, 0.1) is 5.92 Å². The SMILES string of the molecule is O=C(Cc1cc(O)ccc1Cl)NCC1CC1. The molecule has 0 heterocycles. The number of nitrogens with one attached hydrogen (secondary N) is 1. The molecule has 0 spiro atoms. The Morgan fingerprint density at radius 2 is 2.25 bits per heavy atom. The van der Waals surface area contributed by atoms with Gasteiger partial charge in [0.2, 0.25) is 5.91 Å². The van der Waals surface area contributed by atoms with Crippen molar-refractivity contribution in [3.05, 3.63) is 28.8 Å². The minimum atomic E-state index is -0.0422. The zero-order valence-electron chi connectivity index (χ0n) is 8.87. The van der Waals surface area contributed by atoms with Crippen LogP contribution in [-0.2, 0) is 11.2 Å². The van der Waals surface area contributed by atoms with E-state index >= 15 is 0 Å². The van der Waals surface area contributed by atoms with Crippen LogP contribution in [-0.4, -0.2) is 17.6 Å². The lowest BCUT2D eigenvalue weighted by atomic mass is 10.1. The summed E-state index contributed by atoms with van der Waals surface area (Å²) < 4.78 is 0. The fraction of sp³-hybridized carbons (Fsp3) is 0.417. The van der Waals surface area contributed by atoms with Crippen molar-refractivity contribution < 1.29 is 9.90 Å². The van der Waals surface area contributed by atoms with Crippen molar-refractivity contribution in [3.8, 4) is 5.75 Å². The summed E-state index contributed by atoms with van der Waals surface area (Å²) >= 11 is 5.92. The quantitative estimate of drug-likeness (QED) is 0.846. The molecule has 3 nitrogen and oxygen atoms in total. The van der Waals surface area contributed by atoms with E-state index in [1.807, 2.05) is 0 Å². The molecule has 1 saturated carbocycles. The highest BCUT2D eigenvalue weighted by molar-refractivity contribution is 6.31. The molecule has 0 bridgehead atoms. The summed E-state index contributed by atoms with van der Waals surface area (Å²) in [6, 6.07) is 4.63. The van der Waals surface area contributed by atoms with E-state index in [2.05, 4.69) is 5.32 Å². The fourth-order valence-corrected chi connectivity index (χ4v) is 1.70. The largest absolute Gasteiger partial charge is 0.508 e. The van der Waals surface area contributed by atoms with E-state index in [0.29, 0.717) is 16.5 Å². The number of hydrogen-bond donors (Lipinski definition) is 2. The fourth-order valence-electron chi connectivity index (χ4n) is 1.51. The highest BCUT2D eigenvalue weighted by Gasteiger charge is 2.21. The lowest BCUT2D eigenvalue weighted by molar-refractivity contribution is -0.120. The third-order valence-corrected chi connectivity index (χ3v) is 3.03. The molecule has 1 fully saturated rings. The van der Waals surface area contributed by atoms with Gasteiger partial charge < -0.3 is 10.4 Å². The van der Waals surface area contributed by atoms with E-state index in [4.69, 9.17) is 11.6 Å². The first-order chi connectivity index (χ1) is 7.65. The Balaban J connectivity index is 1.91. The predicted molar refractivity (Wildman–Crippen MR) is 62.6 cm³/mol. The Kier molecular flexibility index (Phi) is 3.34. The number of aromatic hydroxyl groups is 1. The van der Waals surface area contributed by atoms with Gasteiger partial charge in [0.05, 0.1) is 6.42 Å². The normalized spacial score (nSPS) is 14.8. The molecule has 1 aliphatic carbocycles. The molecule has 4 heteroatoms. The van der Waals surface area contributed by atoms with Crippen LogP contribution in [0.3, 0.4) is 0 Å². The Morgan fingerprint density at radius 1 is 1.50 bits per heavy atom. The Labute approximate surface area is 99.4 Å². The van der Waals surface area contributed by atoms with Gasteiger partial charge in [-0.2, -0.15) is 0 Å². The van der Waals surface area contributed by atoms with Crippen molar-refractivity contribution in [2.75, 3.05) is 6.54 Å². The Bertz CT molecular complexity index is 402. The zero-order valence-corrected chi connectivity index (χ0v) is 9.63. The average molecular weight is 240 g/mol. The summed E-state index contributed by atoms with van der Waals surface area (Å²) in [5.74, 6) is 0.761. The van der Waals surface area contributed by atoms with Gasteiger partial charge in [0.1, 0.15) is 5.75 Å². The highest BCUT2D eigenvalue weighted by Crippen LogP contribution is 2.27. The third-order valence-electron chi connectivity index (χ3n) is 2.67. The van der Waals surface area contributed by atoms with Gasteiger partial charge in [-0.05, 0) is 42.5 Å². The predicted octanol–water partition coefficient (Wildman–Crippen LogP) is 2.11. The summed E-state index contributed by atoms with van der Waals surface area (Å²) in [6.45, 7) is 0.759. The standard InChI is InChI=1S/C12H14ClNO2/c13-11-4-3-10(15)5-9(11)6-12(16)14-7-8-1-2-8/h3-5,8,15H,1-2,6-7H2,(H,14,16). The third kappa shape index (κ3) is 3.14. The summed E-state index contributed by atoms with van der Waals surface area (Å²) in [7, 11) is 0. The second kappa shape index (κ2) is 4.74. The van der Waals surface area contributed by atoms with Crippen molar-refractivity contribution in [1.29, 1.82) is 0 Å². The molecule has 2 rings (SSSR count). The van der Waals surface area contributed by atoms with Gasteiger partial charge in [-0.15, -0.1) is 0 Å². The van der Waals surface area contributed by atoms with Crippen LogP contribution in [0.4, 0.5) is 0 Å². The van der Waals surface area contributed by atoms with E-state index < -0.39 is 0 Å². The minimum Gasteiger partial charge on any atom is -0.508 e. The number of carbonyl (C=O) groups is 1. The number of phenols is 1. The van der Waals surface area contributed by atoms with Crippen molar-refractivity contribution in [2.45, 2.75) is 19.3 Å². The van der Waals surface area contributed by atoms with Gasteiger partial charge in [-0.1, -0.05) is 11.6 Å². The molecular weight excluding hydrogens is 226 g/mol. The molecule has 86 valence electrons. The van der Waals surface area contributed by atoms with E-state index in [1.54, 1.807) is 6.07 Å². The Morgan fingerprint density at radius 3 is 2.94 bits per heavy atom. The molecule has 0 aliphatic heterocycles. The van der Waals surface area contributed by atoms with Crippen LogP contribution >= 0.6 is 11.6 Å². The van der Waals surface area contributed by atoms with Gasteiger partial charge in [-0.25, -0.2) is 0 Å². The molecule has 1 aromatic carbocycles. The maximum atomic E-state index is 11.6. The monoisotopic (exact) mass is 239 g/mol. The smallest absolute Gasteiger partial charge is 0.224 e. The van der Waals surface area contributed by atoms with Crippen molar-refractivity contribution >= 4 is 17.5 Å². The lowest BCUT2D eigenvalue weighted by Gasteiger charge is -2.06. The van der Waals surface area contributed by atoms with Gasteiger partial charge in [0.25, 0.3) is 0 Å². The van der Waals surface area contributed by atoms with Crippen LogP contribution in [0.2, 0.25) is 5.02 Å². The van der Waals surface area contributed by atoms with Crippen LogP contribution in [0.15, 0.2) is 18.2 Å². The van der Waals surface area contributed by atoms with Gasteiger partial charge >= 0.3 is 0 Å². The van der Waals surface area contributed by atoms with Crippen LogP contribution < -0.4 is 5.32 Å². The summed E-state index contributed by atoms with van der Waals surface area (Å²) in [5, 5.41) is 12.7. The first-order valence-electron chi connectivity index (χ1n) is 5.39. The van der Waals surface area contributed by atoms with E-state index in [0.717, 1.165) is 6.54 Å². The second-order valence-electron chi connectivity index (χ2n) is 4.20. The van der Waals surface area contributed by atoms with E-state index in [1.165, 1.54) is 25.0 Å². The summed E-state index contributed by atoms with van der Waals surface area (Å²) in [5.41, 5.74) is 0.662. The molecule has 0 saturated heterocycles. The second-order valence-corrected chi connectivity index (χ2v) is 4.61. The maximum absolute atomic E-state index is 11.6. The van der Waals surface area contributed by atoms with Crippen molar-refractivity contribution in [2.24, 2.45) is 5.92 Å². The molecule has 0 radical (unpaired) electrons. The molecule has 1 amide bonds. The maximum Gasteiger partial charge on any atom is 0.224 e. The first kappa shape index (κ1) is 11.3. The van der Waals surface area contributed by atoms with Crippen molar-refractivity contribution in [3.63, 3.8) is 0 Å². The number of amides is 1. The molecule has 0 unspecified atom stereocenters. The zero-order chi connectivity index (χ0) is 11.5. The molecule has 0 aromatic heterocycles. The van der Waals surface area contributed by atoms with E-state index in [9.17, 15) is 9.90 Å². The number of carbonyl (C=O) groups excluding carboxylic acids is 1. The number of rotatable bonds is 4. The molecule has 16 heavy (non-hydrogen) atoms. The number of phenolic OH excluding ortho intramolecular Hbond substituents is 1. The summed E-state index contributed by atoms with van der Waals surface area (Å²) in [6.07, 6.45) is 2.65.